The summed E-state index contributed by atoms with van der Waals surface area (Å²) in [5.41, 5.74) is -0.305. The molecule has 1 aromatic rings. The topological polar surface area (TPSA) is 20.2 Å². The Kier molecular flexibility index (Phi) is 3.34. The number of halogens is 2. The molecule has 1 aliphatic carbocycles. The summed E-state index contributed by atoms with van der Waals surface area (Å²) in [7, 11) is 0. The third kappa shape index (κ3) is 2.71. The van der Waals surface area contributed by atoms with Crippen molar-refractivity contribution in [3.8, 4) is 0 Å². The Bertz CT molecular complexity index is 418. The lowest BCUT2D eigenvalue weighted by atomic mass is 9.69. The van der Waals surface area contributed by atoms with Crippen LogP contribution >= 0.6 is 15.9 Å². The SMILES string of the molecule is CC1(C)CCC(O)(c2cc(Br)ccc2F)CC1. The molecule has 1 nitrogen and oxygen atoms in total. The third-order valence-electron chi connectivity index (χ3n) is 3.86. The highest BCUT2D eigenvalue weighted by molar-refractivity contribution is 9.10. The van der Waals surface area contributed by atoms with Gasteiger partial charge in [0.05, 0.1) is 5.60 Å². The van der Waals surface area contributed by atoms with Gasteiger partial charge >= 0.3 is 0 Å². The van der Waals surface area contributed by atoms with Gasteiger partial charge in [-0.05, 0) is 49.3 Å². The van der Waals surface area contributed by atoms with Crippen molar-refractivity contribution in [2.45, 2.75) is 45.1 Å². The Labute approximate surface area is 110 Å². The second-order valence-corrected chi connectivity index (χ2v) is 6.74. The van der Waals surface area contributed by atoms with Gasteiger partial charge in [0.2, 0.25) is 0 Å². The molecular formula is C14H18BrFO. The first-order valence-corrected chi connectivity index (χ1v) is 6.80. The summed E-state index contributed by atoms with van der Waals surface area (Å²) in [4.78, 5) is 0. The van der Waals surface area contributed by atoms with E-state index in [2.05, 4.69) is 29.8 Å². The van der Waals surface area contributed by atoms with E-state index in [0.29, 0.717) is 18.4 Å². The summed E-state index contributed by atoms with van der Waals surface area (Å²) in [6, 6.07) is 4.78. The Morgan fingerprint density at radius 3 is 2.35 bits per heavy atom. The van der Waals surface area contributed by atoms with Gasteiger partial charge in [-0.2, -0.15) is 0 Å². The number of rotatable bonds is 1. The maximum Gasteiger partial charge on any atom is 0.129 e. The van der Waals surface area contributed by atoms with E-state index in [-0.39, 0.29) is 11.2 Å². The average Bonchev–Trinajstić information content (AvgIpc) is 2.26. The van der Waals surface area contributed by atoms with Gasteiger partial charge in [0.15, 0.2) is 0 Å². The zero-order valence-corrected chi connectivity index (χ0v) is 11.8. The highest BCUT2D eigenvalue weighted by Gasteiger charge is 2.39. The van der Waals surface area contributed by atoms with Crippen molar-refractivity contribution in [1.82, 2.24) is 0 Å². The van der Waals surface area contributed by atoms with Crippen LogP contribution in [0, 0.1) is 11.2 Å². The first-order chi connectivity index (χ1) is 7.82. The van der Waals surface area contributed by atoms with Crippen molar-refractivity contribution in [1.29, 1.82) is 0 Å². The van der Waals surface area contributed by atoms with Crippen molar-refractivity contribution < 1.29 is 9.50 Å². The molecule has 3 heteroatoms. The number of benzene rings is 1. The van der Waals surface area contributed by atoms with E-state index >= 15 is 0 Å². The van der Waals surface area contributed by atoms with Crippen LogP contribution in [0.25, 0.3) is 0 Å². The molecular weight excluding hydrogens is 283 g/mol. The van der Waals surface area contributed by atoms with E-state index in [1.54, 1.807) is 12.1 Å². The molecule has 94 valence electrons. The predicted molar refractivity (Wildman–Crippen MR) is 70.2 cm³/mol. The predicted octanol–water partition coefficient (Wildman–Crippen LogP) is 4.38. The highest BCUT2D eigenvalue weighted by atomic mass is 79.9. The van der Waals surface area contributed by atoms with Crippen LogP contribution in [0.4, 0.5) is 4.39 Å². The molecule has 17 heavy (non-hydrogen) atoms. The summed E-state index contributed by atoms with van der Waals surface area (Å²) in [5, 5.41) is 10.6. The maximum absolute atomic E-state index is 13.8. The Balaban J connectivity index is 2.30. The molecule has 1 aliphatic rings. The van der Waals surface area contributed by atoms with Gasteiger partial charge in [0.1, 0.15) is 5.82 Å². The van der Waals surface area contributed by atoms with Gasteiger partial charge in [-0.15, -0.1) is 0 Å². The molecule has 0 heterocycles. The molecule has 1 N–H and O–H groups in total. The molecule has 0 aliphatic heterocycles. The minimum Gasteiger partial charge on any atom is -0.385 e. The third-order valence-corrected chi connectivity index (χ3v) is 4.35. The Morgan fingerprint density at radius 2 is 1.76 bits per heavy atom. The monoisotopic (exact) mass is 300 g/mol. The lowest BCUT2D eigenvalue weighted by molar-refractivity contribution is -0.0331. The fourth-order valence-electron chi connectivity index (χ4n) is 2.46. The number of aliphatic hydroxyl groups is 1. The van der Waals surface area contributed by atoms with Crippen molar-refractivity contribution in [2.24, 2.45) is 5.41 Å². The largest absolute Gasteiger partial charge is 0.385 e. The zero-order chi connectivity index (χ0) is 12.7. The van der Waals surface area contributed by atoms with Crippen LogP contribution in [0.1, 0.15) is 45.1 Å². The highest BCUT2D eigenvalue weighted by Crippen LogP contribution is 2.45. The summed E-state index contributed by atoms with van der Waals surface area (Å²) in [6.45, 7) is 4.40. The second kappa shape index (κ2) is 4.36. The normalized spacial score (nSPS) is 22.4. The van der Waals surface area contributed by atoms with E-state index in [4.69, 9.17) is 0 Å². The van der Waals surface area contributed by atoms with E-state index in [1.807, 2.05) is 0 Å². The van der Waals surface area contributed by atoms with Crippen LogP contribution in [0.15, 0.2) is 22.7 Å². The van der Waals surface area contributed by atoms with Crippen LogP contribution < -0.4 is 0 Å². The Morgan fingerprint density at radius 1 is 1.18 bits per heavy atom. The first-order valence-electron chi connectivity index (χ1n) is 6.00. The standard InChI is InChI=1S/C14H18BrFO/c1-13(2)5-7-14(17,8-6-13)11-9-10(15)3-4-12(11)16/h3-4,9,17H,5-8H2,1-2H3. The summed E-state index contributed by atoms with van der Waals surface area (Å²) in [5.74, 6) is -0.310. The number of hydrogen-bond donors (Lipinski definition) is 1. The smallest absolute Gasteiger partial charge is 0.129 e. The van der Waals surface area contributed by atoms with E-state index in [1.165, 1.54) is 6.07 Å². The van der Waals surface area contributed by atoms with Crippen molar-refractivity contribution in [3.05, 3.63) is 34.1 Å². The molecule has 0 amide bonds. The van der Waals surface area contributed by atoms with E-state index in [9.17, 15) is 9.50 Å². The molecule has 1 saturated carbocycles. The molecule has 0 bridgehead atoms. The summed E-state index contributed by atoms with van der Waals surface area (Å²) >= 11 is 3.33. The van der Waals surface area contributed by atoms with Crippen LogP contribution in [-0.2, 0) is 5.60 Å². The average molecular weight is 301 g/mol. The lowest BCUT2D eigenvalue weighted by Gasteiger charge is -2.40. The molecule has 0 saturated heterocycles. The van der Waals surface area contributed by atoms with Crippen molar-refractivity contribution in [3.63, 3.8) is 0 Å². The Hall–Kier alpha value is -0.410. The first kappa shape index (κ1) is 13.0. The summed E-state index contributed by atoms with van der Waals surface area (Å²) in [6.07, 6.45) is 3.12. The van der Waals surface area contributed by atoms with E-state index < -0.39 is 5.60 Å². The van der Waals surface area contributed by atoms with Gasteiger partial charge in [-0.1, -0.05) is 29.8 Å². The second-order valence-electron chi connectivity index (χ2n) is 5.82. The lowest BCUT2D eigenvalue weighted by Crippen LogP contribution is -2.35. The van der Waals surface area contributed by atoms with E-state index in [0.717, 1.165) is 17.3 Å². The van der Waals surface area contributed by atoms with Crippen LogP contribution in [0.2, 0.25) is 0 Å². The molecule has 2 rings (SSSR count). The van der Waals surface area contributed by atoms with Gasteiger partial charge in [-0.3, -0.25) is 0 Å². The van der Waals surface area contributed by atoms with Crippen LogP contribution in [0.5, 0.6) is 0 Å². The molecule has 0 spiro atoms. The molecule has 0 unspecified atom stereocenters. The molecule has 0 aromatic heterocycles. The fourth-order valence-corrected chi connectivity index (χ4v) is 2.82. The zero-order valence-electron chi connectivity index (χ0n) is 10.3. The fraction of sp³-hybridized carbons (Fsp3) is 0.571. The molecule has 1 fully saturated rings. The minimum atomic E-state index is -0.997. The van der Waals surface area contributed by atoms with Gasteiger partial charge in [-0.25, -0.2) is 4.39 Å². The quantitative estimate of drug-likeness (QED) is 0.816. The van der Waals surface area contributed by atoms with Gasteiger partial charge in [0.25, 0.3) is 0 Å². The van der Waals surface area contributed by atoms with Gasteiger partial charge < -0.3 is 5.11 Å². The molecule has 0 radical (unpaired) electrons. The van der Waals surface area contributed by atoms with Crippen LogP contribution in [0.3, 0.4) is 0 Å². The van der Waals surface area contributed by atoms with Crippen molar-refractivity contribution in [2.75, 3.05) is 0 Å². The molecule has 1 aromatic carbocycles. The summed E-state index contributed by atoms with van der Waals surface area (Å²) < 4.78 is 14.6. The van der Waals surface area contributed by atoms with Crippen molar-refractivity contribution >= 4 is 15.9 Å². The number of hydrogen-bond acceptors (Lipinski definition) is 1. The molecule has 0 atom stereocenters. The van der Waals surface area contributed by atoms with Gasteiger partial charge in [0, 0.05) is 10.0 Å². The van der Waals surface area contributed by atoms with Crippen LogP contribution in [-0.4, -0.2) is 5.11 Å². The minimum absolute atomic E-state index is 0.259. The maximum atomic E-state index is 13.8.